The smallest absolute Gasteiger partial charge is 0.101 e. The predicted molar refractivity (Wildman–Crippen MR) is 85.4 cm³/mol. The molecule has 114 valence electrons. The van der Waals surface area contributed by atoms with Gasteiger partial charge >= 0.3 is 0 Å². The Bertz CT molecular complexity index is 487. The van der Waals surface area contributed by atoms with Gasteiger partial charge in [-0.25, -0.2) is 0 Å². The zero-order valence-corrected chi connectivity index (χ0v) is 13.1. The van der Waals surface area contributed by atoms with E-state index < -0.39 is 0 Å². The van der Waals surface area contributed by atoms with Crippen LogP contribution in [0, 0.1) is 17.2 Å². The highest BCUT2D eigenvalue weighted by Crippen LogP contribution is 2.27. The van der Waals surface area contributed by atoms with Gasteiger partial charge in [-0.15, -0.1) is 0 Å². The van der Waals surface area contributed by atoms with E-state index in [1.165, 1.54) is 5.56 Å². The molecule has 0 radical (unpaired) electrons. The van der Waals surface area contributed by atoms with Crippen LogP contribution in [0.15, 0.2) is 18.2 Å². The molecule has 0 unspecified atom stereocenters. The van der Waals surface area contributed by atoms with Gasteiger partial charge in [0.1, 0.15) is 6.07 Å². The van der Waals surface area contributed by atoms with Gasteiger partial charge in [-0.1, -0.05) is 13.0 Å². The zero-order chi connectivity index (χ0) is 15.1. The van der Waals surface area contributed by atoms with E-state index in [1.54, 1.807) is 7.11 Å². The van der Waals surface area contributed by atoms with E-state index in [0.717, 1.165) is 56.9 Å². The van der Waals surface area contributed by atoms with Gasteiger partial charge in [0.25, 0.3) is 0 Å². The predicted octanol–water partition coefficient (Wildman–Crippen LogP) is 2.53. The molecule has 1 aromatic carbocycles. The lowest BCUT2D eigenvalue weighted by Gasteiger charge is -2.34. The van der Waals surface area contributed by atoms with Crippen LogP contribution < -0.4 is 10.2 Å². The van der Waals surface area contributed by atoms with Crippen LogP contribution in [0.3, 0.4) is 0 Å². The van der Waals surface area contributed by atoms with Crippen LogP contribution in [-0.4, -0.2) is 33.4 Å². The van der Waals surface area contributed by atoms with Gasteiger partial charge in [0.2, 0.25) is 0 Å². The van der Waals surface area contributed by atoms with Crippen molar-refractivity contribution in [3.63, 3.8) is 0 Å². The Morgan fingerprint density at radius 2 is 2.14 bits per heavy atom. The first-order valence-electron chi connectivity index (χ1n) is 7.76. The third-order valence-electron chi connectivity index (χ3n) is 4.12. The molecule has 1 saturated heterocycles. The van der Waals surface area contributed by atoms with E-state index in [0.29, 0.717) is 5.92 Å². The Balaban J connectivity index is 2.05. The molecule has 1 heterocycles. The molecule has 0 aliphatic carbocycles. The average Bonchev–Trinajstić information content (AvgIpc) is 2.54. The van der Waals surface area contributed by atoms with Crippen LogP contribution in [0.1, 0.15) is 30.9 Å². The van der Waals surface area contributed by atoms with E-state index in [9.17, 15) is 5.26 Å². The van der Waals surface area contributed by atoms with Crippen LogP contribution in [0.25, 0.3) is 0 Å². The molecular weight excluding hydrogens is 262 g/mol. The molecule has 0 amide bonds. The number of hydrogen-bond acceptors (Lipinski definition) is 4. The lowest BCUT2D eigenvalue weighted by Crippen LogP contribution is -2.35. The summed E-state index contributed by atoms with van der Waals surface area (Å²) < 4.78 is 5.24. The van der Waals surface area contributed by atoms with Crippen LogP contribution in [-0.2, 0) is 11.3 Å². The summed E-state index contributed by atoms with van der Waals surface area (Å²) in [5.74, 6) is 0.657. The molecule has 0 atom stereocenters. The van der Waals surface area contributed by atoms with Crippen molar-refractivity contribution in [2.24, 2.45) is 5.92 Å². The van der Waals surface area contributed by atoms with Crippen molar-refractivity contribution in [3.8, 4) is 6.07 Å². The second-order valence-electron chi connectivity index (χ2n) is 5.63. The molecule has 21 heavy (non-hydrogen) atoms. The Morgan fingerprint density at radius 1 is 1.38 bits per heavy atom. The molecule has 1 N–H and O–H groups in total. The van der Waals surface area contributed by atoms with Gasteiger partial charge in [-0.2, -0.15) is 5.26 Å². The summed E-state index contributed by atoms with van der Waals surface area (Å²) in [6.07, 6.45) is 2.27. The molecule has 1 fully saturated rings. The first-order chi connectivity index (χ1) is 10.3. The summed E-state index contributed by atoms with van der Waals surface area (Å²) in [7, 11) is 1.77. The summed E-state index contributed by atoms with van der Waals surface area (Å²) in [6, 6.07) is 8.59. The fourth-order valence-corrected chi connectivity index (χ4v) is 2.90. The summed E-state index contributed by atoms with van der Waals surface area (Å²) >= 11 is 0. The van der Waals surface area contributed by atoms with Crippen molar-refractivity contribution in [3.05, 3.63) is 29.3 Å². The standard InChI is InChI=1S/C17H25N3O/c1-3-19-12-15-4-5-17(16(10-15)11-18)20-8-6-14(7-9-20)13-21-2/h4-5,10,14,19H,3,6-9,12-13H2,1-2H3. The molecule has 2 rings (SSSR count). The van der Waals surface area contributed by atoms with Crippen LogP contribution in [0.2, 0.25) is 0 Å². The van der Waals surface area contributed by atoms with E-state index >= 15 is 0 Å². The fraction of sp³-hybridized carbons (Fsp3) is 0.588. The van der Waals surface area contributed by atoms with E-state index in [4.69, 9.17) is 4.74 Å². The third kappa shape index (κ3) is 4.20. The third-order valence-corrected chi connectivity index (χ3v) is 4.12. The Kier molecular flexibility index (Phi) is 6.04. The van der Waals surface area contributed by atoms with Crippen molar-refractivity contribution in [1.29, 1.82) is 5.26 Å². The molecule has 1 aliphatic rings. The highest BCUT2D eigenvalue weighted by Gasteiger charge is 2.21. The monoisotopic (exact) mass is 287 g/mol. The Hall–Kier alpha value is -1.57. The van der Waals surface area contributed by atoms with Crippen LogP contribution in [0.4, 0.5) is 5.69 Å². The number of nitrogens with one attached hydrogen (secondary N) is 1. The first-order valence-corrected chi connectivity index (χ1v) is 7.76. The number of nitriles is 1. The van der Waals surface area contributed by atoms with Crippen molar-refractivity contribution in [1.82, 2.24) is 5.32 Å². The molecule has 4 heteroatoms. The van der Waals surface area contributed by atoms with Crippen LogP contribution >= 0.6 is 0 Å². The highest BCUT2D eigenvalue weighted by atomic mass is 16.5. The van der Waals surface area contributed by atoms with E-state index in [-0.39, 0.29) is 0 Å². The molecular formula is C17H25N3O. The number of benzene rings is 1. The Labute approximate surface area is 127 Å². The highest BCUT2D eigenvalue weighted by molar-refractivity contribution is 5.60. The number of anilines is 1. The number of rotatable bonds is 6. The lowest BCUT2D eigenvalue weighted by molar-refractivity contribution is 0.139. The topological polar surface area (TPSA) is 48.3 Å². The second-order valence-corrected chi connectivity index (χ2v) is 5.63. The van der Waals surface area contributed by atoms with Gasteiger partial charge < -0.3 is 15.0 Å². The fourth-order valence-electron chi connectivity index (χ4n) is 2.90. The molecule has 1 aliphatic heterocycles. The van der Waals surface area contributed by atoms with Gasteiger partial charge in [-0.3, -0.25) is 0 Å². The maximum Gasteiger partial charge on any atom is 0.101 e. The van der Waals surface area contributed by atoms with Crippen LogP contribution in [0.5, 0.6) is 0 Å². The molecule has 0 bridgehead atoms. The lowest BCUT2D eigenvalue weighted by atomic mass is 9.96. The van der Waals surface area contributed by atoms with Crippen molar-refractivity contribution in [2.45, 2.75) is 26.3 Å². The number of methoxy groups -OCH3 is 1. The summed E-state index contributed by atoms with van der Waals surface area (Å²) in [4.78, 5) is 2.34. The SMILES string of the molecule is CCNCc1ccc(N2CCC(COC)CC2)c(C#N)c1. The quantitative estimate of drug-likeness (QED) is 0.873. The van der Waals surface area contributed by atoms with E-state index in [1.807, 2.05) is 6.07 Å². The molecule has 0 spiro atoms. The minimum Gasteiger partial charge on any atom is -0.384 e. The van der Waals surface area contributed by atoms with Gasteiger partial charge in [-0.05, 0) is 43.0 Å². The molecule has 0 aromatic heterocycles. The minimum absolute atomic E-state index is 0.657. The number of nitrogens with zero attached hydrogens (tertiary/aromatic N) is 2. The van der Waals surface area contributed by atoms with Crippen molar-refractivity contribution >= 4 is 5.69 Å². The summed E-state index contributed by atoms with van der Waals surface area (Å²) in [5.41, 5.74) is 3.04. The second kappa shape index (κ2) is 8.02. The summed E-state index contributed by atoms with van der Waals surface area (Å²) in [5, 5.41) is 12.7. The molecule has 1 aromatic rings. The maximum atomic E-state index is 9.42. The minimum atomic E-state index is 0.657. The zero-order valence-electron chi connectivity index (χ0n) is 13.1. The van der Waals surface area contributed by atoms with E-state index in [2.05, 4.69) is 35.3 Å². The largest absolute Gasteiger partial charge is 0.384 e. The summed E-state index contributed by atoms with van der Waals surface area (Å²) in [6.45, 7) is 6.72. The first kappa shape index (κ1) is 15.8. The average molecular weight is 287 g/mol. The van der Waals surface area contributed by atoms with Gasteiger partial charge in [0, 0.05) is 33.4 Å². The normalized spacial score (nSPS) is 16.0. The van der Waals surface area contributed by atoms with Crippen molar-refractivity contribution in [2.75, 3.05) is 38.3 Å². The number of hydrogen-bond donors (Lipinski definition) is 1. The molecule has 4 nitrogen and oxygen atoms in total. The molecule has 0 saturated carbocycles. The van der Waals surface area contributed by atoms with Gasteiger partial charge in [0.15, 0.2) is 0 Å². The van der Waals surface area contributed by atoms with Gasteiger partial charge in [0.05, 0.1) is 11.3 Å². The van der Waals surface area contributed by atoms with Crippen molar-refractivity contribution < 1.29 is 4.74 Å². The maximum absolute atomic E-state index is 9.42. The number of piperidine rings is 1. The number of ether oxygens (including phenoxy) is 1. The Morgan fingerprint density at radius 3 is 2.76 bits per heavy atom.